The lowest BCUT2D eigenvalue weighted by Crippen LogP contribution is -2.21. The SMILES string of the molecule is CCNC(C)c1nc(C(OCC)C2CCCCC2)no1. The number of aromatic nitrogens is 2. The summed E-state index contributed by atoms with van der Waals surface area (Å²) in [6.07, 6.45) is 6.31. The van der Waals surface area contributed by atoms with Gasteiger partial charge in [-0.1, -0.05) is 31.3 Å². The van der Waals surface area contributed by atoms with Gasteiger partial charge in [-0.3, -0.25) is 0 Å². The van der Waals surface area contributed by atoms with E-state index in [4.69, 9.17) is 9.26 Å². The van der Waals surface area contributed by atoms with Gasteiger partial charge < -0.3 is 14.6 Å². The number of rotatable bonds is 7. The van der Waals surface area contributed by atoms with E-state index in [9.17, 15) is 0 Å². The monoisotopic (exact) mass is 281 g/mol. The lowest BCUT2D eigenvalue weighted by Gasteiger charge is -2.27. The number of nitrogens with zero attached hydrogens (tertiary/aromatic N) is 2. The second kappa shape index (κ2) is 7.74. The molecule has 1 fully saturated rings. The Morgan fingerprint density at radius 3 is 2.70 bits per heavy atom. The van der Waals surface area contributed by atoms with Gasteiger partial charge in [0, 0.05) is 6.61 Å². The molecule has 0 amide bonds. The fraction of sp³-hybridized carbons (Fsp3) is 0.867. The lowest BCUT2D eigenvalue weighted by molar-refractivity contribution is -0.00145. The van der Waals surface area contributed by atoms with E-state index in [1.165, 1.54) is 32.1 Å². The Balaban J connectivity index is 2.08. The summed E-state index contributed by atoms with van der Waals surface area (Å²) >= 11 is 0. The second-order valence-corrected chi connectivity index (χ2v) is 5.54. The van der Waals surface area contributed by atoms with Crippen LogP contribution in [0.5, 0.6) is 0 Å². The van der Waals surface area contributed by atoms with Gasteiger partial charge >= 0.3 is 0 Å². The zero-order valence-electron chi connectivity index (χ0n) is 12.9. The van der Waals surface area contributed by atoms with Crippen LogP contribution >= 0.6 is 0 Å². The van der Waals surface area contributed by atoms with E-state index in [2.05, 4.69) is 22.4 Å². The van der Waals surface area contributed by atoms with Gasteiger partial charge in [0.25, 0.3) is 0 Å². The molecule has 1 aliphatic carbocycles. The van der Waals surface area contributed by atoms with Crippen LogP contribution in [0.25, 0.3) is 0 Å². The van der Waals surface area contributed by atoms with Crippen LogP contribution in [0.15, 0.2) is 4.52 Å². The molecule has 0 aromatic carbocycles. The third-order valence-corrected chi connectivity index (χ3v) is 4.02. The molecule has 2 unspecified atom stereocenters. The van der Waals surface area contributed by atoms with Gasteiger partial charge in [-0.15, -0.1) is 0 Å². The van der Waals surface area contributed by atoms with Crippen molar-refractivity contribution in [3.8, 4) is 0 Å². The third kappa shape index (κ3) is 3.79. The van der Waals surface area contributed by atoms with Crippen molar-refractivity contribution in [2.45, 2.75) is 65.0 Å². The summed E-state index contributed by atoms with van der Waals surface area (Å²) in [5.41, 5.74) is 0. The molecule has 0 spiro atoms. The summed E-state index contributed by atoms with van der Waals surface area (Å²) in [7, 11) is 0. The van der Waals surface area contributed by atoms with Crippen molar-refractivity contribution in [2.24, 2.45) is 5.92 Å². The predicted octanol–water partition coefficient (Wildman–Crippen LogP) is 3.40. The average molecular weight is 281 g/mol. The first-order valence-corrected chi connectivity index (χ1v) is 7.94. The smallest absolute Gasteiger partial charge is 0.243 e. The predicted molar refractivity (Wildman–Crippen MR) is 77.3 cm³/mol. The van der Waals surface area contributed by atoms with Crippen molar-refractivity contribution in [3.05, 3.63) is 11.7 Å². The number of hydrogen-bond donors (Lipinski definition) is 1. The Bertz CT molecular complexity index is 388. The van der Waals surface area contributed by atoms with E-state index >= 15 is 0 Å². The first-order chi connectivity index (χ1) is 9.76. The molecule has 1 aliphatic rings. The highest BCUT2D eigenvalue weighted by molar-refractivity contribution is 4.97. The van der Waals surface area contributed by atoms with E-state index in [1.807, 2.05) is 13.8 Å². The highest BCUT2D eigenvalue weighted by Gasteiger charge is 2.30. The van der Waals surface area contributed by atoms with Gasteiger partial charge in [0.15, 0.2) is 0 Å². The highest BCUT2D eigenvalue weighted by atomic mass is 16.5. The van der Waals surface area contributed by atoms with Crippen LogP contribution in [0, 0.1) is 5.92 Å². The van der Waals surface area contributed by atoms with Gasteiger partial charge in [0.05, 0.1) is 6.04 Å². The standard InChI is InChI=1S/C15H27N3O2/c1-4-16-11(3)15-17-14(18-20-15)13(19-5-2)12-9-7-6-8-10-12/h11-13,16H,4-10H2,1-3H3. The largest absolute Gasteiger partial charge is 0.370 e. The molecule has 114 valence electrons. The topological polar surface area (TPSA) is 60.2 Å². The third-order valence-electron chi connectivity index (χ3n) is 4.02. The van der Waals surface area contributed by atoms with Gasteiger partial charge in [0.1, 0.15) is 6.10 Å². The Hall–Kier alpha value is -0.940. The maximum Gasteiger partial charge on any atom is 0.243 e. The Morgan fingerprint density at radius 2 is 2.05 bits per heavy atom. The van der Waals surface area contributed by atoms with Crippen molar-refractivity contribution in [1.29, 1.82) is 0 Å². The van der Waals surface area contributed by atoms with Crippen LogP contribution in [0.4, 0.5) is 0 Å². The summed E-state index contributed by atoms with van der Waals surface area (Å²) in [5, 5.41) is 7.45. The lowest BCUT2D eigenvalue weighted by atomic mass is 9.85. The summed E-state index contributed by atoms with van der Waals surface area (Å²) in [4.78, 5) is 4.56. The van der Waals surface area contributed by atoms with Gasteiger partial charge in [-0.2, -0.15) is 4.98 Å². The molecule has 0 aliphatic heterocycles. The Kier molecular flexibility index (Phi) is 5.98. The molecule has 0 radical (unpaired) electrons. The molecule has 1 saturated carbocycles. The number of ether oxygens (including phenoxy) is 1. The molecular formula is C15H27N3O2. The quantitative estimate of drug-likeness (QED) is 0.830. The van der Waals surface area contributed by atoms with Crippen LogP contribution in [-0.4, -0.2) is 23.3 Å². The molecule has 0 bridgehead atoms. The van der Waals surface area contributed by atoms with E-state index < -0.39 is 0 Å². The van der Waals surface area contributed by atoms with E-state index in [0.717, 1.165) is 12.4 Å². The van der Waals surface area contributed by atoms with Crippen LogP contribution in [0.2, 0.25) is 0 Å². The molecular weight excluding hydrogens is 254 g/mol. The molecule has 5 nitrogen and oxygen atoms in total. The van der Waals surface area contributed by atoms with Gasteiger partial charge in [-0.05, 0) is 39.2 Å². The van der Waals surface area contributed by atoms with E-state index in [-0.39, 0.29) is 12.1 Å². The molecule has 1 aromatic heterocycles. The summed E-state index contributed by atoms with van der Waals surface area (Å²) in [6, 6.07) is 0.0925. The fourth-order valence-electron chi connectivity index (χ4n) is 2.97. The minimum Gasteiger partial charge on any atom is -0.370 e. The van der Waals surface area contributed by atoms with Crippen LogP contribution in [-0.2, 0) is 4.74 Å². The first kappa shape index (κ1) is 15.4. The van der Waals surface area contributed by atoms with Crippen LogP contribution in [0.1, 0.15) is 76.7 Å². The summed E-state index contributed by atoms with van der Waals surface area (Å²) < 4.78 is 11.3. The molecule has 1 aromatic rings. The summed E-state index contributed by atoms with van der Waals surface area (Å²) in [5.74, 6) is 1.91. The fourth-order valence-corrected chi connectivity index (χ4v) is 2.97. The highest BCUT2D eigenvalue weighted by Crippen LogP contribution is 2.35. The number of hydrogen-bond acceptors (Lipinski definition) is 5. The van der Waals surface area contributed by atoms with Crippen molar-refractivity contribution >= 4 is 0 Å². The zero-order chi connectivity index (χ0) is 14.4. The minimum atomic E-state index is -0.00775. The Labute approximate surface area is 121 Å². The number of nitrogens with one attached hydrogen (secondary N) is 1. The zero-order valence-corrected chi connectivity index (χ0v) is 12.9. The van der Waals surface area contributed by atoms with E-state index in [0.29, 0.717) is 18.4 Å². The first-order valence-electron chi connectivity index (χ1n) is 7.94. The summed E-state index contributed by atoms with van der Waals surface area (Å²) in [6.45, 7) is 7.71. The minimum absolute atomic E-state index is 0.00775. The van der Waals surface area contributed by atoms with Crippen molar-refractivity contribution in [2.75, 3.05) is 13.2 Å². The molecule has 5 heteroatoms. The maximum atomic E-state index is 5.92. The Morgan fingerprint density at radius 1 is 1.30 bits per heavy atom. The van der Waals surface area contributed by atoms with Crippen LogP contribution in [0.3, 0.4) is 0 Å². The molecule has 2 atom stereocenters. The maximum absolute atomic E-state index is 5.92. The molecule has 0 saturated heterocycles. The molecule has 1 heterocycles. The average Bonchev–Trinajstić information content (AvgIpc) is 2.95. The van der Waals surface area contributed by atoms with Gasteiger partial charge in [-0.25, -0.2) is 0 Å². The molecule has 20 heavy (non-hydrogen) atoms. The van der Waals surface area contributed by atoms with Gasteiger partial charge in [0.2, 0.25) is 11.7 Å². The van der Waals surface area contributed by atoms with Crippen LogP contribution < -0.4 is 5.32 Å². The van der Waals surface area contributed by atoms with Crippen molar-refractivity contribution in [1.82, 2.24) is 15.5 Å². The normalized spacial score (nSPS) is 19.9. The molecule has 2 rings (SSSR count). The molecule has 1 N–H and O–H groups in total. The van der Waals surface area contributed by atoms with E-state index in [1.54, 1.807) is 0 Å². The van der Waals surface area contributed by atoms with Crippen molar-refractivity contribution in [3.63, 3.8) is 0 Å². The second-order valence-electron chi connectivity index (χ2n) is 5.54. The van der Waals surface area contributed by atoms with Crippen molar-refractivity contribution < 1.29 is 9.26 Å².